The summed E-state index contributed by atoms with van der Waals surface area (Å²) in [5, 5.41) is 7.89. The van der Waals surface area contributed by atoms with Crippen molar-refractivity contribution in [3.63, 3.8) is 0 Å². The number of hydrogen-bond donors (Lipinski definition) is 1. The van der Waals surface area contributed by atoms with Gasteiger partial charge >= 0.3 is 0 Å². The highest BCUT2D eigenvalue weighted by atomic mass is 32.2. The second-order valence-corrected chi connectivity index (χ2v) is 7.06. The first-order valence-electron chi connectivity index (χ1n) is 6.61. The number of aromatic nitrogens is 1. The van der Waals surface area contributed by atoms with Crippen molar-refractivity contribution in [2.45, 2.75) is 18.7 Å². The van der Waals surface area contributed by atoms with Crippen molar-refractivity contribution in [2.24, 2.45) is 0 Å². The third-order valence-electron chi connectivity index (χ3n) is 3.50. The van der Waals surface area contributed by atoms with Crippen LogP contribution < -0.4 is 5.32 Å². The molecular formula is C13H17N3O3S. The Morgan fingerprint density at radius 1 is 1.45 bits per heavy atom. The lowest BCUT2D eigenvalue weighted by Gasteiger charge is -2.30. The molecule has 20 heavy (non-hydrogen) atoms. The molecule has 1 N–H and O–H groups in total. The highest BCUT2D eigenvalue weighted by molar-refractivity contribution is 7.88. The summed E-state index contributed by atoms with van der Waals surface area (Å²) < 4.78 is 31.6. The zero-order valence-electron chi connectivity index (χ0n) is 11.2. The lowest BCUT2D eigenvalue weighted by Crippen LogP contribution is -2.51. The molecule has 1 aliphatic heterocycles. The lowest BCUT2D eigenvalue weighted by atomic mass is 10.2. The molecule has 6 nitrogen and oxygen atoms in total. The van der Waals surface area contributed by atoms with E-state index in [9.17, 15) is 8.42 Å². The van der Waals surface area contributed by atoms with Gasteiger partial charge in [0, 0.05) is 31.1 Å². The van der Waals surface area contributed by atoms with Gasteiger partial charge in [-0.3, -0.25) is 0 Å². The van der Waals surface area contributed by atoms with Crippen molar-refractivity contribution in [1.29, 1.82) is 0 Å². The topological polar surface area (TPSA) is 75.4 Å². The van der Waals surface area contributed by atoms with Crippen LogP contribution in [0, 0.1) is 0 Å². The third kappa shape index (κ3) is 2.56. The smallest absolute Gasteiger partial charge is 0.220 e. The summed E-state index contributed by atoms with van der Waals surface area (Å²) >= 11 is 0. The molecule has 0 saturated carbocycles. The minimum atomic E-state index is -3.36. The number of fused-ring (bicyclic) bond motifs is 1. The molecule has 2 heterocycles. The van der Waals surface area contributed by atoms with Crippen molar-refractivity contribution in [3.05, 3.63) is 30.0 Å². The first kappa shape index (κ1) is 13.5. The van der Waals surface area contributed by atoms with Crippen LogP contribution in [0.4, 0.5) is 0 Å². The van der Waals surface area contributed by atoms with Crippen LogP contribution in [0.2, 0.25) is 0 Å². The van der Waals surface area contributed by atoms with Crippen molar-refractivity contribution >= 4 is 21.0 Å². The van der Waals surface area contributed by atoms with Crippen LogP contribution in [-0.2, 0) is 15.8 Å². The fourth-order valence-corrected chi connectivity index (χ4v) is 4.01. The van der Waals surface area contributed by atoms with Crippen LogP contribution in [0.5, 0.6) is 0 Å². The summed E-state index contributed by atoms with van der Waals surface area (Å²) in [4.78, 5) is 0. The first-order valence-corrected chi connectivity index (χ1v) is 8.22. The Balaban J connectivity index is 1.86. The van der Waals surface area contributed by atoms with E-state index >= 15 is 0 Å². The van der Waals surface area contributed by atoms with Gasteiger partial charge in [0.05, 0.1) is 0 Å². The molecule has 0 radical (unpaired) electrons. The molecule has 1 aromatic heterocycles. The van der Waals surface area contributed by atoms with E-state index in [1.165, 1.54) is 4.31 Å². The van der Waals surface area contributed by atoms with Crippen LogP contribution in [0.15, 0.2) is 28.8 Å². The molecule has 1 fully saturated rings. The lowest BCUT2D eigenvalue weighted by molar-refractivity contribution is 0.309. The molecule has 0 spiro atoms. The second kappa shape index (κ2) is 5.16. The maximum absolute atomic E-state index is 12.5. The third-order valence-corrected chi connectivity index (χ3v) is 5.25. The van der Waals surface area contributed by atoms with Gasteiger partial charge < -0.3 is 9.84 Å². The molecule has 0 bridgehead atoms. The van der Waals surface area contributed by atoms with Gasteiger partial charge in [0.15, 0.2) is 5.58 Å². The Bertz CT molecular complexity index is 710. The molecule has 108 valence electrons. The van der Waals surface area contributed by atoms with Crippen LogP contribution in [0.25, 0.3) is 11.0 Å². The summed E-state index contributed by atoms with van der Waals surface area (Å²) in [6.07, 6.45) is 0. The number of para-hydroxylation sites is 1. The van der Waals surface area contributed by atoms with Crippen LogP contribution in [0.1, 0.15) is 12.6 Å². The van der Waals surface area contributed by atoms with Crippen molar-refractivity contribution in [3.8, 4) is 0 Å². The normalized spacial score (nSPS) is 21.4. The van der Waals surface area contributed by atoms with Crippen LogP contribution in [-0.4, -0.2) is 43.6 Å². The summed E-state index contributed by atoms with van der Waals surface area (Å²) in [5.74, 6) is -0.114. The van der Waals surface area contributed by atoms with E-state index in [2.05, 4.69) is 10.5 Å². The van der Waals surface area contributed by atoms with Crippen LogP contribution in [0.3, 0.4) is 0 Å². The molecule has 1 saturated heterocycles. The highest BCUT2D eigenvalue weighted by Gasteiger charge is 2.28. The van der Waals surface area contributed by atoms with Crippen molar-refractivity contribution < 1.29 is 12.9 Å². The summed E-state index contributed by atoms with van der Waals surface area (Å²) in [6, 6.07) is 7.47. The molecular weight excluding hydrogens is 278 g/mol. The number of rotatable bonds is 3. The van der Waals surface area contributed by atoms with E-state index in [0.29, 0.717) is 30.9 Å². The van der Waals surface area contributed by atoms with E-state index in [0.717, 1.165) is 5.39 Å². The fraction of sp³-hybridized carbons (Fsp3) is 0.462. The molecule has 0 amide bonds. The van der Waals surface area contributed by atoms with E-state index in [1.54, 1.807) is 6.07 Å². The zero-order chi connectivity index (χ0) is 14.2. The Kier molecular flexibility index (Phi) is 3.49. The minimum Gasteiger partial charge on any atom is -0.356 e. The maximum atomic E-state index is 12.5. The van der Waals surface area contributed by atoms with Crippen molar-refractivity contribution in [1.82, 2.24) is 14.8 Å². The quantitative estimate of drug-likeness (QED) is 0.912. The SMILES string of the molecule is C[C@@H]1CN(S(=O)(=O)Cc2noc3ccccc23)CCN1. The van der Waals surface area contributed by atoms with E-state index in [1.807, 2.05) is 25.1 Å². The summed E-state index contributed by atoms with van der Waals surface area (Å²) in [6.45, 7) is 3.66. The van der Waals surface area contributed by atoms with Gasteiger partial charge in [0.1, 0.15) is 11.4 Å². The number of nitrogens with one attached hydrogen (secondary N) is 1. The highest BCUT2D eigenvalue weighted by Crippen LogP contribution is 2.21. The van der Waals surface area contributed by atoms with Gasteiger partial charge in [-0.1, -0.05) is 17.3 Å². The molecule has 1 aromatic carbocycles. The zero-order valence-corrected chi connectivity index (χ0v) is 12.1. The molecule has 7 heteroatoms. The van der Waals surface area contributed by atoms with E-state index < -0.39 is 10.0 Å². The Labute approximate surface area is 117 Å². The summed E-state index contributed by atoms with van der Waals surface area (Å²) in [7, 11) is -3.36. The average Bonchev–Trinajstić information content (AvgIpc) is 2.82. The van der Waals surface area contributed by atoms with Gasteiger partial charge in [-0.05, 0) is 19.1 Å². The Morgan fingerprint density at radius 2 is 2.25 bits per heavy atom. The standard InChI is InChI=1S/C13H17N3O3S/c1-10-8-16(7-6-14-10)20(17,18)9-12-11-4-2-3-5-13(11)19-15-12/h2-5,10,14H,6-9H2,1H3/t10-/m1/s1. The van der Waals surface area contributed by atoms with Gasteiger partial charge in [-0.25, -0.2) is 8.42 Å². The van der Waals surface area contributed by atoms with Gasteiger partial charge in [-0.15, -0.1) is 0 Å². The van der Waals surface area contributed by atoms with Crippen molar-refractivity contribution in [2.75, 3.05) is 19.6 Å². The number of nitrogens with zero attached hydrogens (tertiary/aromatic N) is 2. The Morgan fingerprint density at radius 3 is 3.05 bits per heavy atom. The molecule has 0 unspecified atom stereocenters. The van der Waals surface area contributed by atoms with Crippen LogP contribution >= 0.6 is 0 Å². The number of hydrogen-bond acceptors (Lipinski definition) is 5. The van der Waals surface area contributed by atoms with E-state index in [4.69, 9.17) is 4.52 Å². The molecule has 3 rings (SSSR count). The molecule has 1 atom stereocenters. The summed E-state index contributed by atoms with van der Waals surface area (Å²) in [5.41, 5.74) is 1.10. The maximum Gasteiger partial charge on any atom is 0.220 e. The number of piperazine rings is 1. The predicted octanol–water partition coefficient (Wildman–Crippen LogP) is 0.951. The van der Waals surface area contributed by atoms with Gasteiger partial charge in [-0.2, -0.15) is 4.31 Å². The number of benzene rings is 1. The van der Waals surface area contributed by atoms with Gasteiger partial charge in [0.25, 0.3) is 0 Å². The first-order chi connectivity index (χ1) is 9.56. The minimum absolute atomic E-state index is 0.114. The van der Waals surface area contributed by atoms with E-state index in [-0.39, 0.29) is 11.8 Å². The van der Waals surface area contributed by atoms with Gasteiger partial charge in [0.2, 0.25) is 10.0 Å². The molecule has 0 aliphatic carbocycles. The average molecular weight is 295 g/mol. The fourth-order valence-electron chi connectivity index (χ4n) is 2.46. The predicted molar refractivity (Wildman–Crippen MR) is 75.7 cm³/mol. The monoisotopic (exact) mass is 295 g/mol. The largest absolute Gasteiger partial charge is 0.356 e. The second-order valence-electron chi connectivity index (χ2n) is 5.09. The molecule has 2 aromatic rings. The number of sulfonamides is 1. The molecule has 1 aliphatic rings. The Hall–Kier alpha value is -1.44.